The van der Waals surface area contributed by atoms with Gasteiger partial charge in [-0.05, 0) is 50.4 Å². The van der Waals surface area contributed by atoms with Gasteiger partial charge >= 0.3 is 0 Å². The van der Waals surface area contributed by atoms with Crippen molar-refractivity contribution in [3.8, 4) is 0 Å². The van der Waals surface area contributed by atoms with Crippen LogP contribution in [-0.4, -0.2) is 38.0 Å². The maximum Gasteiger partial charge on any atom is 0.251 e. The lowest BCUT2D eigenvalue weighted by atomic mass is 9.93. The van der Waals surface area contributed by atoms with Crippen molar-refractivity contribution in [1.29, 1.82) is 0 Å². The molecule has 0 radical (unpaired) electrons. The van der Waals surface area contributed by atoms with Crippen LogP contribution in [0.3, 0.4) is 0 Å². The zero-order chi connectivity index (χ0) is 15.6. The van der Waals surface area contributed by atoms with E-state index in [0.29, 0.717) is 31.0 Å². The van der Waals surface area contributed by atoms with E-state index in [1.165, 1.54) is 12.8 Å². The Morgan fingerprint density at radius 1 is 1.04 bits per heavy atom. The van der Waals surface area contributed by atoms with Gasteiger partial charge in [-0.15, -0.1) is 12.4 Å². The van der Waals surface area contributed by atoms with Crippen LogP contribution in [0.1, 0.15) is 36.0 Å². The first-order chi connectivity index (χ1) is 10.8. The number of hydrogen-bond acceptors (Lipinski definition) is 3. The molecule has 0 saturated carbocycles. The molecule has 2 rings (SSSR count). The second-order valence-electron chi connectivity index (χ2n) is 5.70. The Morgan fingerprint density at radius 2 is 1.70 bits per heavy atom. The molecule has 5 nitrogen and oxygen atoms in total. The van der Waals surface area contributed by atoms with Crippen LogP contribution in [0.15, 0.2) is 30.3 Å². The average molecular weight is 340 g/mol. The summed E-state index contributed by atoms with van der Waals surface area (Å²) in [5.41, 5.74) is 0.639. The molecule has 23 heavy (non-hydrogen) atoms. The standard InChI is InChI=1S/C17H25N3O2.ClH/c21-16(7-6-14-8-10-18-11-9-14)19-12-13-20-17(22)15-4-2-1-3-5-15;/h1-5,14,18H,6-13H2,(H,19,21)(H,20,22);1H. The molecule has 0 atom stereocenters. The molecular weight excluding hydrogens is 314 g/mol. The van der Waals surface area contributed by atoms with Crippen LogP contribution >= 0.6 is 12.4 Å². The van der Waals surface area contributed by atoms with Crippen LogP contribution in [0.5, 0.6) is 0 Å². The fraction of sp³-hybridized carbons (Fsp3) is 0.529. The van der Waals surface area contributed by atoms with Gasteiger partial charge < -0.3 is 16.0 Å². The largest absolute Gasteiger partial charge is 0.354 e. The van der Waals surface area contributed by atoms with Gasteiger partial charge in [0.25, 0.3) is 5.91 Å². The Morgan fingerprint density at radius 3 is 2.39 bits per heavy atom. The Kier molecular flexibility index (Phi) is 9.33. The Bertz CT molecular complexity index is 476. The van der Waals surface area contributed by atoms with E-state index < -0.39 is 0 Å². The highest BCUT2D eigenvalue weighted by molar-refractivity contribution is 5.94. The fourth-order valence-corrected chi connectivity index (χ4v) is 2.66. The van der Waals surface area contributed by atoms with Gasteiger partial charge in [-0.25, -0.2) is 0 Å². The van der Waals surface area contributed by atoms with Gasteiger partial charge in [-0.1, -0.05) is 18.2 Å². The number of benzene rings is 1. The number of carbonyl (C=O) groups excluding carboxylic acids is 2. The van der Waals surface area contributed by atoms with Crippen LogP contribution in [0, 0.1) is 5.92 Å². The molecule has 1 aromatic rings. The maximum atomic E-state index is 11.8. The number of rotatable bonds is 7. The number of amides is 2. The van der Waals surface area contributed by atoms with E-state index in [4.69, 9.17) is 0 Å². The van der Waals surface area contributed by atoms with E-state index in [1.54, 1.807) is 12.1 Å². The molecule has 1 aliphatic heterocycles. The number of hydrogen-bond donors (Lipinski definition) is 3. The highest BCUT2D eigenvalue weighted by Crippen LogP contribution is 2.17. The zero-order valence-corrected chi connectivity index (χ0v) is 14.2. The third-order valence-electron chi connectivity index (χ3n) is 4.01. The van der Waals surface area contributed by atoms with Crippen molar-refractivity contribution < 1.29 is 9.59 Å². The Balaban J connectivity index is 0.00000264. The first-order valence-corrected chi connectivity index (χ1v) is 8.06. The molecule has 0 unspecified atom stereocenters. The molecule has 0 bridgehead atoms. The number of halogens is 1. The highest BCUT2D eigenvalue weighted by atomic mass is 35.5. The first-order valence-electron chi connectivity index (χ1n) is 8.06. The molecule has 128 valence electrons. The molecular formula is C17H26ClN3O2. The van der Waals surface area contributed by atoms with Gasteiger partial charge in [0.15, 0.2) is 0 Å². The van der Waals surface area contributed by atoms with E-state index in [0.717, 1.165) is 19.5 Å². The number of carbonyl (C=O) groups is 2. The smallest absolute Gasteiger partial charge is 0.251 e. The van der Waals surface area contributed by atoms with E-state index in [2.05, 4.69) is 16.0 Å². The highest BCUT2D eigenvalue weighted by Gasteiger charge is 2.14. The van der Waals surface area contributed by atoms with Crippen molar-refractivity contribution >= 4 is 24.2 Å². The number of nitrogens with one attached hydrogen (secondary N) is 3. The van der Waals surface area contributed by atoms with Gasteiger partial charge in [0, 0.05) is 25.1 Å². The summed E-state index contributed by atoms with van der Waals surface area (Å²) < 4.78 is 0. The number of piperidine rings is 1. The van der Waals surface area contributed by atoms with Crippen LogP contribution in [0.2, 0.25) is 0 Å². The normalized spacial score (nSPS) is 14.6. The lowest BCUT2D eigenvalue weighted by Crippen LogP contribution is -2.35. The molecule has 0 aromatic heterocycles. The molecule has 1 heterocycles. The van der Waals surface area contributed by atoms with Crippen LogP contribution in [-0.2, 0) is 4.79 Å². The predicted molar refractivity (Wildman–Crippen MR) is 93.9 cm³/mol. The van der Waals surface area contributed by atoms with E-state index in [1.807, 2.05) is 18.2 Å². The average Bonchev–Trinajstić information content (AvgIpc) is 2.58. The minimum absolute atomic E-state index is 0. The van der Waals surface area contributed by atoms with Gasteiger partial charge in [0.05, 0.1) is 0 Å². The predicted octanol–water partition coefficient (Wildman–Crippen LogP) is 1.73. The summed E-state index contributed by atoms with van der Waals surface area (Å²) >= 11 is 0. The monoisotopic (exact) mass is 339 g/mol. The molecule has 3 N–H and O–H groups in total. The molecule has 1 fully saturated rings. The molecule has 6 heteroatoms. The second kappa shape index (κ2) is 11.0. The summed E-state index contributed by atoms with van der Waals surface area (Å²) in [6.45, 7) is 3.06. The van der Waals surface area contributed by atoms with Crippen molar-refractivity contribution in [2.24, 2.45) is 5.92 Å². The lowest BCUT2D eigenvalue weighted by molar-refractivity contribution is -0.121. The lowest BCUT2D eigenvalue weighted by Gasteiger charge is -2.22. The van der Waals surface area contributed by atoms with Crippen molar-refractivity contribution in [3.05, 3.63) is 35.9 Å². The fourth-order valence-electron chi connectivity index (χ4n) is 2.66. The van der Waals surface area contributed by atoms with E-state index in [9.17, 15) is 9.59 Å². The molecule has 1 saturated heterocycles. The zero-order valence-electron chi connectivity index (χ0n) is 13.3. The summed E-state index contributed by atoms with van der Waals surface area (Å²) in [4.78, 5) is 23.6. The van der Waals surface area contributed by atoms with Crippen molar-refractivity contribution in [3.63, 3.8) is 0 Å². The van der Waals surface area contributed by atoms with Gasteiger partial charge in [-0.2, -0.15) is 0 Å². The molecule has 0 aliphatic carbocycles. The van der Waals surface area contributed by atoms with Crippen molar-refractivity contribution in [2.75, 3.05) is 26.2 Å². The topological polar surface area (TPSA) is 70.2 Å². The minimum Gasteiger partial charge on any atom is -0.354 e. The van der Waals surface area contributed by atoms with E-state index in [-0.39, 0.29) is 24.2 Å². The molecule has 0 spiro atoms. The second-order valence-corrected chi connectivity index (χ2v) is 5.70. The SMILES string of the molecule is Cl.O=C(CCC1CCNCC1)NCCNC(=O)c1ccccc1. The molecule has 1 aromatic carbocycles. The van der Waals surface area contributed by atoms with Crippen LogP contribution < -0.4 is 16.0 Å². The van der Waals surface area contributed by atoms with Gasteiger partial charge in [-0.3, -0.25) is 9.59 Å². The third-order valence-corrected chi connectivity index (χ3v) is 4.01. The Hall–Kier alpha value is -1.59. The summed E-state index contributed by atoms with van der Waals surface area (Å²) in [7, 11) is 0. The maximum absolute atomic E-state index is 11.8. The quantitative estimate of drug-likeness (QED) is 0.663. The van der Waals surface area contributed by atoms with Gasteiger partial charge in [0.1, 0.15) is 0 Å². The minimum atomic E-state index is -0.107. The summed E-state index contributed by atoms with van der Waals surface area (Å²) in [6, 6.07) is 9.08. The Labute approximate surface area is 144 Å². The summed E-state index contributed by atoms with van der Waals surface area (Å²) in [6.07, 6.45) is 3.88. The van der Waals surface area contributed by atoms with Crippen molar-refractivity contribution in [2.45, 2.75) is 25.7 Å². The van der Waals surface area contributed by atoms with Crippen LogP contribution in [0.25, 0.3) is 0 Å². The van der Waals surface area contributed by atoms with Crippen molar-refractivity contribution in [1.82, 2.24) is 16.0 Å². The molecule has 1 aliphatic rings. The molecule has 2 amide bonds. The third kappa shape index (κ3) is 7.48. The van der Waals surface area contributed by atoms with Gasteiger partial charge in [0.2, 0.25) is 5.91 Å². The van der Waals surface area contributed by atoms with Crippen LogP contribution in [0.4, 0.5) is 0 Å². The summed E-state index contributed by atoms with van der Waals surface area (Å²) in [5.74, 6) is 0.641. The van der Waals surface area contributed by atoms with E-state index >= 15 is 0 Å². The summed E-state index contributed by atoms with van der Waals surface area (Å²) in [5, 5.41) is 8.99. The first kappa shape index (κ1) is 19.5.